The Morgan fingerprint density at radius 3 is 2.30 bits per heavy atom. The van der Waals surface area contributed by atoms with Crippen molar-refractivity contribution in [2.45, 2.75) is 45.4 Å². The number of hydrogen-bond acceptors (Lipinski definition) is 4. The predicted octanol–water partition coefficient (Wildman–Crippen LogP) is 3.71. The maximum Gasteiger partial charge on any atom is 0.227 e. The Hall–Kier alpha value is -2.24. The van der Waals surface area contributed by atoms with Crippen LogP contribution in [0.2, 0.25) is 0 Å². The standard InChI is InChI=1S/C21H32N2O4/c1-5-6-13-23(2)21(25)16-9-7-15(8-10-16)20(24)22-17-11-12-18(26-3)19(14-17)27-4/h11-12,14-16H,5-10,13H2,1-4H3,(H,22,24). The van der Waals surface area contributed by atoms with E-state index in [1.165, 1.54) is 0 Å². The first-order chi connectivity index (χ1) is 13.0. The molecular weight excluding hydrogens is 344 g/mol. The van der Waals surface area contributed by atoms with Crippen molar-refractivity contribution in [3.63, 3.8) is 0 Å². The molecule has 0 aliphatic heterocycles. The number of amides is 2. The molecule has 0 atom stereocenters. The highest BCUT2D eigenvalue weighted by Gasteiger charge is 2.31. The van der Waals surface area contributed by atoms with Crippen LogP contribution in [0.1, 0.15) is 45.4 Å². The molecule has 1 aromatic carbocycles. The van der Waals surface area contributed by atoms with Gasteiger partial charge in [-0.05, 0) is 44.2 Å². The molecule has 1 aliphatic carbocycles. The number of carbonyl (C=O) groups excluding carboxylic acids is 2. The van der Waals surface area contributed by atoms with Crippen LogP contribution < -0.4 is 14.8 Å². The van der Waals surface area contributed by atoms with E-state index >= 15 is 0 Å². The number of nitrogens with one attached hydrogen (secondary N) is 1. The molecule has 2 amide bonds. The second-order valence-corrected chi connectivity index (χ2v) is 7.22. The Bertz CT molecular complexity index is 639. The lowest BCUT2D eigenvalue weighted by molar-refractivity contribution is -0.136. The van der Waals surface area contributed by atoms with E-state index < -0.39 is 0 Å². The van der Waals surface area contributed by atoms with Gasteiger partial charge in [0.05, 0.1) is 14.2 Å². The van der Waals surface area contributed by atoms with Crippen molar-refractivity contribution >= 4 is 17.5 Å². The summed E-state index contributed by atoms with van der Waals surface area (Å²) >= 11 is 0. The summed E-state index contributed by atoms with van der Waals surface area (Å²) < 4.78 is 10.5. The van der Waals surface area contributed by atoms with Crippen LogP contribution in [0.3, 0.4) is 0 Å². The van der Waals surface area contributed by atoms with E-state index in [2.05, 4.69) is 12.2 Å². The molecule has 1 N–H and O–H groups in total. The third-order valence-corrected chi connectivity index (χ3v) is 5.32. The normalized spacial score (nSPS) is 19.3. The van der Waals surface area contributed by atoms with E-state index in [1.54, 1.807) is 32.4 Å². The molecule has 0 bridgehead atoms. The van der Waals surface area contributed by atoms with Gasteiger partial charge in [-0.25, -0.2) is 0 Å². The lowest BCUT2D eigenvalue weighted by Crippen LogP contribution is -2.37. The van der Waals surface area contributed by atoms with Gasteiger partial charge in [-0.2, -0.15) is 0 Å². The third-order valence-electron chi connectivity index (χ3n) is 5.32. The zero-order valence-electron chi connectivity index (χ0n) is 16.9. The molecule has 0 spiro atoms. The van der Waals surface area contributed by atoms with Crippen molar-refractivity contribution in [1.82, 2.24) is 4.90 Å². The zero-order chi connectivity index (χ0) is 19.8. The van der Waals surface area contributed by atoms with E-state index in [1.807, 2.05) is 11.9 Å². The number of unbranched alkanes of at least 4 members (excludes halogenated alkanes) is 1. The zero-order valence-corrected chi connectivity index (χ0v) is 16.9. The Balaban J connectivity index is 1.87. The van der Waals surface area contributed by atoms with Gasteiger partial charge in [-0.3, -0.25) is 9.59 Å². The fourth-order valence-electron chi connectivity index (χ4n) is 3.58. The molecular formula is C21H32N2O4. The molecule has 0 radical (unpaired) electrons. The van der Waals surface area contributed by atoms with E-state index in [0.29, 0.717) is 17.2 Å². The van der Waals surface area contributed by atoms with Gasteiger partial charge < -0.3 is 19.7 Å². The van der Waals surface area contributed by atoms with Gasteiger partial charge in [0, 0.05) is 37.2 Å². The van der Waals surface area contributed by atoms with Crippen LogP contribution in [0.25, 0.3) is 0 Å². The minimum atomic E-state index is -0.0527. The summed E-state index contributed by atoms with van der Waals surface area (Å²) in [5.74, 6) is 1.44. The maximum absolute atomic E-state index is 12.6. The highest BCUT2D eigenvalue weighted by molar-refractivity contribution is 5.93. The van der Waals surface area contributed by atoms with Crippen LogP contribution in [0.5, 0.6) is 11.5 Å². The summed E-state index contributed by atoms with van der Waals surface area (Å²) in [6, 6.07) is 5.34. The van der Waals surface area contributed by atoms with Gasteiger partial charge in [-0.1, -0.05) is 13.3 Å². The number of ether oxygens (including phenoxy) is 2. The van der Waals surface area contributed by atoms with Gasteiger partial charge in [0.25, 0.3) is 0 Å². The van der Waals surface area contributed by atoms with Gasteiger partial charge in [0.2, 0.25) is 11.8 Å². The minimum absolute atomic E-state index is 0.00690. The third kappa shape index (κ3) is 5.62. The maximum atomic E-state index is 12.6. The van der Waals surface area contributed by atoms with Crippen LogP contribution in [0, 0.1) is 11.8 Å². The van der Waals surface area contributed by atoms with E-state index in [4.69, 9.17) is 9.47 Å². The largest absolute Gasteiger partial charge is 0.493 e. The van der Waals surface area contributed by atoms with Crippen LogP contribution in [-0.4, -0.2) is 44.5 Å². The van der Waals surface area contributed by atoms with Crippen molar-refractivity contribution < 1.29 is 19.1 Å². The van der Waals surface area contributed by atoms with Crippen molar-refractivity contribution in [3.05, 3.63) is 18.2 Å². The van der Waals surface area contributed by atoms with Crippen LogP contribution in [-0.2, 0) is 9.59 Å². The molecule has 0 unspecified atom stereocenters. The number of anilines is 1. The monoisotopic (exact) mass is 376 g/mol. The lowest BCUT2D eigenvalue weighted by atomic mass is 9.81. The van der Waals surface area contributed by atoms with Crippen molar-refractivity contribution in [2.75, 3.05) is 33.1 Å². The highest BCUT2D eigenvalue weighted by atomic mass is 16.5. The fraction of sp³-hybridized carbons (Fsp3) is 0.619. The van der Waals surface area contributed by atoms with Gasteiger partial charge in [-0.15, -0.1) is 0 Å². The van der Waals surface area contributed by atoms with Crippen LogP contribution in [0.15, 0.2) is 18.2 Å². The van der Waals surface area contributed by atoms with Crippen molar-refractivity contribution in [2.24, 2.45) is 11.8 Å². The molecule has 1 fully saturated rings. The van der Waals surface area contributed by atoms with Gasteiger partial charge >= 0.3 is 0 Å². The number of hydrogen-bond donors (Lipinski definition) is 1. The summed E-state index contributed by atoms with van der Waals surface area (Å²) in [4.78, 5) is 26.9. The topological polar surface area (TPSA) is 67.9 Å². The van der Waals surface area contributed by atoms with Gasteiger partial charge in [0.15, 0.2) is 11.5 Å². The average Bonchev–Trinajstić information content (AvgIpc) is 2.71. The number of carbonyl (C=O) groups is 2. The van der Waals surface area contributed by atoms with Crippen LogP contribution >= 0.6 is 0 Å². The quantitative estimate of drug-likeness (QED) is 0.751. The molecule has 0 aromatic heterocycles. The fourth-order valence-corrected chi connectivity index (χ4v) is 3.58. The summed E-state index contributed by atoms with van der Waals surface area (Å²) in [5.41, 5.74) is 0.690. The Labute approximate surface area is 162 Å². The number of methoxy groups -OCH3 is 2. The number of benzene rings is 1. The molecule has 2 rings (SSSR count). The molecule has 6 heteroatoms. The average molecular weight is 376 g/mol. The number of nitrogens with zero attached hydrogens (tertiary/aromatic N) is 1. The molecule has 1 aromatic rings. The molecule has 6 nitrogen and oxygen atoms in total. The molecule has 150 valence electrons. The first kappa shape index (κ1) is 21.1. The molecule has 0 saturated heterocycles. The van der Waals surface area contributed by atoms with Crippen LogP contribution in [0.4, 0.5) is 5.69 Å². The molecule has 1 aliphatic rings. The molecule has 0 heterocycles. The minimum Gasteiger partial charge on any atom is -0.493 e. The summed E-state index contributed by atoms with van der Waals surface area (Å²) in [5, 5.41) is 2.96. The summed E-state index contributed by atoms with van der Waals surface area (Å²) in [6.45, 7) is 2.94. The predicted molar refractivity (Wildman–Crippen MR) is 106 cm³/mol. The van der Waals surface area contributed by atoms with E-state index in [-0.39, 0.29) is 23.7 Å². The summed E-state index contributed by atoms with van der Waals surface area (Å²) in [7, 11) is 5.03. The van der Waals surface area contributed by atoms with E-state index in [9.17, 15) is 9.59 Å². The second kappa shape index (κ2) is 10.2. The van der Waals surface area contributed by atoms with E-state index in [0.717, 1.165) is 45.1 Å². The molecule has 1 saturated carbocycles. The Morgan fingerprint density at radius 2 is 1.70 bits per heavy atom. The van der Waals surface area contributed by atoms with Gasteiger partial charge in [0.1, 0.15) is 0 Å². The highest BCUT2D eigenvalue weighted by Crippen LogP contribution is 2.33. The van der Waals surface area contributed by atoms with Crippen molar-refractivity contribution in [1.29, 1.82) is 0 Å². The lowest BCUT2D eigenvalue weighted by Gasteiger charge is -2.30. The Morgan fingerprint density at radius 1 is 1.07 bits per heavy atom. The Kier molecular flexibility index (Phi) is 7.95. The molecule has 27 heavy (non-hydrogen) atoms. The SMILES string of the molecule is CCCCN(C)C(=O)C1CCC(C(=O)Nc2ccc(OC)c(OC)c2)CC1. The first-order valence-corrected chi connectivity index (χ1v) is 9.78. The second-order valence-electron chi connectivity index (χ2n) is 7.22. The number of rotatable bonds is 8. The van der Waals surface area contributed by atoms with Crippen molar-refractivity contribution in [3.8, 4) is 11.5 Å². The summed E-state index contributed by atoms with van der Waals surface area (Å²) in [6.07, 6.45) is 5.17. The smallest absolute Gasteiger partial charge is 0.227 e. The first-order valence-electron chi connectivity index (χ1n) is 9.78.